The number of anilines is 2. The Labute approximate surface area is 181 Å². The highest BCUT2D eigenvalue weighted by atomic mass is 16.5. The van der Waals surface area contributed by atoms with E-state index in [0.717, 1.165) is 60.8 Å². The zero-order valence-corrected chi connectivity index (χ0v) is 17.9. The van der Waals surface area contributed by atoms with Crippen molar-refractivity contribution in [1.29, 1.82) is 0 Å². The van der Waals surface area contributed by atoms with Crippen LogP contribution < -0.4 is 20.7 Å². The molecule has 3 aliphatic rings. The van der Waals surface area contributed by atoms with Gasteiger partial charge in [0.25, 0.3) is 0 Å². The van der Waals surface area contributed by atoms with Crippen LogP contribution >= 0.6 is 0 Å². The third-order valence-electron chi connectivity index (χ3n) is 7.03. The van der Waals surface area contributed by atoms with E-state index in [0.29, 0.717) is 17.8 Å². The van der Waals surface area contributed by atoms with Crippen LogP contribution in [0.4, 0.5) is 11.5 Å². The second-order valence-electron chi connectivity index (χ2n) is 8.99. The normalized spacial score (nSPS) is 23.1. The van der Waals surface area contributed by atoms with E-state index in [1.165, 1.54) is 11.1 Å². The van der Waals surface area contributed by atoms with E-state index in [1.54, 1.807) is 6.20 Å². The van der Waals surface area contributed by atoms with Crippen LogP contribution in [0.3, 0.4) is 0 Å². The molecule has 158 valence electrons. The molecule has 1 aliphatic heterocycles. The second kappa shape index (κ2) is 6.65. The molecule has 7 heteroatoms. The maximum Gasteiger partial charge on any atom is 0.324 e. The van der Waals surface area contributed by atoms with Crippen molar-refractivity contribution >= 4 is 11.5 Å². The molecule has 0 bridgehead atoms. The molecule has 0 radical (unpaired) electrons. The van der Waals surface area contributed by atoms with Gasteiger partial charge >= 0.3 is 6.01 Å². The predicted octanol–water partition coefficient (Wildman–Crippen LogP) is 3.51. The molecule has 3 N–H and O–H groups in total. The first-order chi connectivity index (χ1) is 15.1. The Morgan fingerprint density at radius 1 is 1.23 bits per heavy atom. The number of nitrogens with zero attached hydrogens (tertiary/aromatic N) is 4. The smallest absolute Gasteiger partial charge is 0.324 e. The number of fused-ring (bicyclic) bond motifs is 3. The molecule has 2 aromatic heterocycles. The van der Waals surface area contributed by atoms with Crippen molar-refractivity contribution in [1.82, 2.24) is 15.0 Å². The van der Waals surface area contributed by atoms with Crippen LogP contribution in [0, 0.1) is 12.3 Å². The molecule has 1 saturated carbocycles. The van der Waals surface area contributed by atoms with Gasteiger partial charge in [-0.2, -0.15) is 9.97 Å². The lowest BCUT2D eigenvalue weighted by Crippen LogP contribution is -2.24. The molecule has 2 unspecified atom stereocenters. The SMILES string of the molecule is CNc1cccc2c1Cc1nc(Oc3ccc(C)nc3)nc(N3CCC4(CC4N)C3)c1-2. The van der Waals surface area contributed by atoms with Crippen LogP contribution in [0.15, 0.2) is 36.5 Å². The summed E-state index contributed by atoms with van der Waals surface area (Å²) in [6.45, 7) is 3.87. The summed E-state index contributed by atoms with van der Waals surface area (Å²) in [6, 6.07) is 10.9. The highest BCUT2D eigenvalue weighted by molar-refractivity contribution is 5.88. The molecule has 2 atom stereocenters. The van der Waals surface area contributed by atoms with Crippen LogP contribution in [0.25, 0.3) is 11.1 Å². The molecule has 6 rings (SSSR count). The van der Waals surface area contributed by atoms with Crippen molar-refractivity contribution < 1.29 is 4.74 Å². The number of benzene rings is 1. The number of rotatable bonds is 4. The van der Waals surface area contributed by atoms with Gasteiger partial charge in [-0.3, -0.25) is 4.98 Å². The van der Waals surface area contributed by atoms with Crippen LogP contribution in [0.5, 0.6) is 11.8 Å². The lowest BCUT2D eigenvalue weighted by molar-refractivity contribution is 0.438. The van der Waals surface area contributed by atoms with Gasteiger partial charge in [0.05, 0.1) is 11.9 Å². The fourth-order valence-corrected chi connectivity index (χ4v) is 5.11. The van der Waals surface area contributed by atoms with Crippen molar-refractivity contribution in [3.8, 4) is 22.9 Å². The summed E-state index contributed by atoms with van der Waals surface area (Å²) in [4.78, 5) is 16.4. The standard InChI is InChI=1S/C24H26N6O/c1-14-6-7-15(12-27-14)31-23-28-19-10-17-16(4-3-5-18(17)26-2)21(19)22(29-23)30-9-8-24(13-30)11-20(24)25/h3-7,12,20,26H,8-11,13,25H2,1-2H3. The van der Waals surface area contributed by atoms with Crippen molar-refractivity contribution in [3.63, 3.8) is 0 Å². The van der Waals surface area contributed by atoms with Gasteiger partial charge in [-0.15, -0.1) is 0 Å². The van der Waals surface area contributed by atoms with Gasteiger partial charge in [0.15, 0.2) is 0 Å². The van der Waals surface area contributed by atoms with Crippen molar-refractivity contribution in [2.75, 3.05) is 30.4 Å². The minimum absolute atomic E-state index is 0.258. The summed E-state index contributed by atoms with van der Waals surface area (Å²) in [5.41, 5.74) is 13.2. The lowest BCUT2D eigenvalue weighted by Gasteiger charge is -2.21. The lowest BCUT2D eigenvalue weighted by atomic mass is 10.0. The Kier molecular flexibility index (Phi) is 3.99. The number of pyridine rings is 1. The van der Waals surface area contributed by atoms with E-state index in [4.69, 9.17) is 20.4 Å². The number of nitrogens with one attached hydrogen (secondary N) is 1. The molecule has 2 aliphatic carbocycles. The summed E-state index contributed by atoms with van der Waals surface area (Å²) < 4.78 is 6.05. The van der Waals surface area contributed by atoms with Crippen LogP contribution in [0.2, 0.25) is 0 Å². The first-order valence-corrected chi connectivity index (χ1v) is 10.9. The van der Waals surface area contributed by atoms with Crippen LogP contribution in [-0.4, -0.2) is 41.1 Å². The van der Waals surface area contributed by atoms with Crippen LogP contribution in [0.1, 0.15) is 29.8 Å². The van der Waals surface area contributed by atoms with Crippen molar-refractivity contribution in [3.05, 3.63) is 53.5 Å². The maximum absolute atomic E-state index is 6.27. The Hall–Kier alpha value is -3.19. The fourth-order valence-electron chi connectivity index (χ4n) is 5.11. The third kappa shape index (κ3) is 2.95. The number of hydrogen-bond donors (Lipinski definition) is 2. The molecule has 1 aromatic carbocycles. The number of aromatic nitrogens is 3. The zero-order valence-electron chi connectivity index (χ0n) is 17.9. The van der Waals surface area contributed by atoms with Gasteiger partial charge in [0.1, 0.15) is 11.6 Å². The molecule has 1 saturated heterocycles. The molecule has 7 nitrogen and oxygen atoms in total. The van der Waals surface area contributed by atoms with Gasteiger partial charge < -0.3 is 20.7 Å². The number of aryl methyl sites for hydroxylation is 1. The molecular formula is C24H26N6O. The van der Waals surface area contributed by atoms with Crippen LogP contribution in [-0.2, 0) is 6.42 Å². The minimum Gasteiger partial charge on any atom is -0.423 e. The molecule has 2 fully saturated rings. The van der Waals surface area contributed by atoms with Crippen molar-refractivity contribution in [2.24, 2.45) is 11.1 Å². The second-order valence-corrected chi connectivity index (χ2v) is 8.99. The monoisotopic (exact) mass is 414 g/mol. The van der Waals surface area contributed by atoms with E-state index >= 15 is 0 Å². The summed E-state index contributed by atoms with van der Waals surface area (Å²) in [5, 5.41) is 3.32. The Bertz CT molecular complexity index is 1180. The fraction of sp³-hybridized carbons (Fsp3) is 0.375. The summed E-state index contributed by atoms with van der Waals surface area (Å²) >= 11 is 0. The topological polar surface area (TPSA) is 89.2 Å². The third-order valence-corrected chi connectivity index (χ3v) is 7.03. The highest BCUT2D eigenvalue weighted by Crippen LogP contribution is 2.54. The summed E-state index contributed by atoms with van der Waals surface area (Å²) in [5.74, 6) is 1.60. The Morgan fingerprint density at radius 3 is 2.81 bits per heavy atom. The zero-order chi connectivity index (χ0) is 21.2. The summed E-state index contributed by atoms with van der Waals surface area (Å²) in [7, 11) is 1.96. The van der Waals surface area contributed by atoms with Gasteiger partial charge in [0.2, 0.25) is 0 Å². The van der Waals surface area contributed by atoms with E-state index in [9.17, 15) is 0 Å². The van der Waals surface area contributed by atoms with E-state index in [2.05, 4.69) is 33.4 Å². The number of hydrogen-bond acceptors (Lipinski definition) is 7. The van der Waals surface area contributed by atoms with Gasteiger partial charge in [0, 0.05) is 55.0 Å². The molecule has 1 spiro atoms. The molecule has 31 heavy (non-hydrogen) atoms. The van der Waals surface area contributed by atoms with E-state index < -0.39 is 0 Å². The van der Waals surface area contributed by atoms with E-state index in [-0.39, 0.29) is 5.41 Å². The average molecular weight is 415 g/mol. The molecular weight excluding hydrogens is 388 g/mol. The largest absolute Gasteiger partial charge is 0.423 e. The first-order valence-electron chi connectivity index (χ1n) is 10.9. The Morgan fingerprint density at radius 2 is 2.10 bits per heavy atom. The molecule has 3 aromatic rings. The van der Waals surface area contributed by atoms with E-state index in [1.807, 2.05) is 26.1 Å². The quantitative estimate of drug-likeness (QED) is 0.528. The van der Waals surface area contributed by atoms with Gasteiger partial charge in [-0.1, -0.05) is 12.1 Å². The average Bonchev–Trinajstić information content (AvgIpc) is 3.09. The van der Waals surface area contributed by atoms with Crippen molar-refractivity contribution in [2.45, 2.75) is 32.2 Å². The Balaban J connectivity index is 1.44. The predicted molar refractivity (Wildman–Crippen MR) is 121 cm³/mol. The van der Waals surface area contributed by atoms with Gasteiger partial charge in [-0.05, 0) is 49.1 Å². The highest BCUT2D eigenvalue weighted by Gasteiger charge is 2.56. The maximum atomic E-state index is 6.27. The number of ether oxygens (including phenoxy) is 1. The molecule has 3 heterocycles. The minimum atomic E-state index is 0.258. The van der Waals surface area contributed by atoms with Gasteiger partial charge in [-0.25, -0.2) is 0 Å². The first kappa shape index (κ1) is 18.6. The summed E-state index contributed by atoms with van der Waals surface area (Å²) in [6.07, 6.45) is 4.70. The molecule has 0 amide bonds. The number of nitrogens with two attached hydrogens (primary N) is 1.